The van der Waals surface area contributed by atoms with Crippen molar-refractivity contribution in [3.8, 4) is 11.1 Å². The molecule has 4 rings (SSSR count). The lowest BCUT2D eigenvalue weighted by atomic mass is 10.1. The van der Waals surface area contributed by atoms with Gasteiger partial charge in [-0.3, -0.25) is 9.52 Å². The lowest BCUT2D eigenvalue weighted by molar-refractivity contribution is 0.102. The Morgan fingerprint density at radius 3 is 2.41 bits per heavy atom. The Morgan fingerprint density at radius 2 is 1.59 bits per heavy atom. The molecule has 0 spiro atoms. The number of rotatable bonds is 4. The number of hydrogen-bond acceptors (Lipinski definition) is 3. The average Bonchev–Trinajstić information content (AvgIpc) is 2.98. The molecule has 0 unspecified atom stereocenters. The second kappa shape index (κ2) is 6.55. The van der Waals surface area contributed by atoms with Gasteiger partial charge in [-0.2, -0.15) is 0 Å². The van der Waals surface area contributed by atoms with Gasteiger partial charge in [-0.05, 0) is 52.9 Å². The maximum atomic E-state index is 12.7. The third-order valence-electron chi connectivity index (χ3n) is 4.52. The summed E-state index contributed by atoms with van der Waals surface area (Å²) < 4.78 is 25.4. The molecule has 136 valence electrons. The van der Waals surface area contributed by atoms with Crippen LogP contribution in [0.4, 0.5) is 11.4 Å². The number of carbonyl (C=O) groups is 1. The van der Waals surface area contributed by atoms with E-state index >= 15 is 0 Å². The molecule has 5 nitrogen and oxygen atoms in total. The molecule has 27 heavy (non-hydrogen) atoms. The van der Waals surface area contributed by atoms with Gasteiger partial charge in [0.25, 0.3) is 5.91 Å². The van der Waals surface area contributed by atoms with E-state index in [4.69, 9.17) is 0 Å². The van der Waals surface area contributed by atoms with Gasteiger partial charge < -0.3 is 5.32 Å². The minimum atomic E-state index is -3.47. The van der Waals surface area contributed by atoms with E-state index < -0.39 is 10.0 Å². The Kier molecular flexibility index (Phi) is 4.20. The molecule has 0 heterocycles. The fourth-order valence-electron chi connectivity index (χ4n) is 3.39. The number of amides is 1. The first-order chi connectivity index (χ1) is 12.9. The summed E-state index contributed by atoms with van der Waals surface area (Å²) in [4.78, 5) is 12.7. The minimum absolute atomic E-state index is 0.256. The summed E-state index contributed by atoms with van der Waals surface area (Å²) in [6.45, 7) is 0. The number of para-hydroxylation sites is 1. The zero-order valence-corrected chi connectivity index (χ0v) is 15.5. The predicted molar refractivity (Wildman–Crippen MR) is 108 cm³/mol. The van der Waals surface area contributed by atoms with Crippen LogP contribution >= 0.6 is 0 Å². The zero-order valence-electron chi connectivity index (χ0n) is 14.7. The Balaban J connectivity index is 1.59. The van der Waals surface area contributed by atoms with Gasteiger partial charge in [0.2, 0.25) is 10.0 Å². The summed E-state index contributed by atoms with van der Waals surface area (Å²) in [5, 5.41) is 2.87. The van der Waals surface area contributed by atoms with E-state index in [1.165, 1.54) is 16.7 Å². The molecule has 2 N–H and O–H groups in total. The summed E-state index contributed by atoms with van der Waals surface area (Å²) in [6, 6.07) is 20.6. The predicted octanol–water partition coefficient (Wildman–Crippen LogP) is 3.88. The maximum absolute atomic E-state index is 12.7. The van der Waals surface area contributed by atoms with E-state index in [1.54, 1.807) is 24.3 Å². The van der Waals surface area contributed by atoms with Crippen LogP contribution in [-0.4, -0.2) is 20.6 Å². The second-order valence-electron chi connectivity index (χ2n) is 6.58. The molecule has 3 aromatic carbocycles. The quantitative estimate of drug-likeness (QED) is 0.566. The highest BCUT2D eigenvalue weighted by Crippen LogP contribution is 2.37. The summed E-state index contributed by atoms with van der Waals surface area (Å²) in [5.74, 6) is -0.364. The molecule has 6 heteroatoms. The van der Waals surface area contributed by atoms with E-state index in [-0.39, 0.29) is 17.2 Å². The van der Waals surface area contributed by atoms with Crippen molar-refractivity contribution in [2.45, 2.75) is 6.42 Å². The standard InChI is InChI=1S/C21H18N2O3S/c1-27(25,26)23-20-9-5-4-8-19(20)21(24)22-16-10-11-18-15(13-16)12-14-6-2-3-7-17(14)18/h2-11,13,23H,12H2,1H3,(H,22,24). The third-order valence-corrected chi connectivity index (χ3v) is 5.11. The van der Waals surface area contributed by atoms with Gasteiger partial charge in [0, 0.05) is 5.69 Å². The fourth-order valence-corrected chi connectivity index (χ4v) is 3.97. The summed E-state index contributed by atoms with van der Waals surface area (Å²) in [5.41, 5.74) is 6.06. The third kappa shape index (κ3) is 3.57. The molecule has 0 aliphatic heterocycles. The largest absolute Gasteiger partial charge is 0.322 e. The number of sulfonamides is 1. The molecule has 1 amide bonds. The smallest absolute Gasteiger partial charge is 0.257 e. The highest BCUT2D eigenvalue weighted by atomic mass is 32.2. The minimum Gasteiger partial charge on any atom is -0.322 e. The van der Waals surface area contributed by atoms with Crippen LogP contribution in [0.1, 0.15) is 21.5 Å². The lowest BCUT2D eigenvalue weighted by Gasteiger charge is -2.12. The van der Waals surface area contributed by atoms with Crippen LogP contribution in [0.25, 0.3) is 11.1 Å². The van der Waals surface area contributed by atoms with Gasteiger partial charge in [0.1, 0.15) is 0 Å². The highest BCUT2D eigenvalue weighted by Gasteiger charge is 2.19. The SMILES string of the molecule is CS(=O)(=O)Nc1ccccc1C(=O)Nc1ccc2c(c1)Cc1ccccc1-2. The molecule has 0 radical (unpaired) electrons. The Morgan fingerprint density at radius 1 is 0.889 bits per heavy atom. The number of benzene rings is 3. The summed E-state index contributed by atoms with van der Waals surface area (Å²) >= 11 is 0. The molecule has 1 aliphatic carbocycles. The van der Waals surface area contributed by atoms with Crippen LogP contribution in [0, 0.1) is 0 Å². The monoisotopic (exact) mass is 378 g/mol. The molecule has 3 aromatic rings. The lowest BCUT2D eigenvalue weighted by Crippen LogP contribution is -2.17. The van der Waals surface area contributed by atoms with Crippen LogP contribution in [0.3, 0.4) is 0 Å². The van der Waals surface area contributed by atoms with Crippen molar-refractivity contribution in [1.82, 2.24) is 0 Å². The van der Waals surface area contributed by atoms with E-state index in [9.17, 15) is 13.2 Å². The first-order valence-corrected chi connectivity index (χ1v) is 10.4. The van der Waals surface area contributed by atoms with Crippen LogP contribution in [0.2, 0.25) is 0 Å². The van der Waals surface area contributed by atoms with E-state index in [0.717, 1.165) is 18.2 Å². The van der Waals surface area contributed by atoms with Crippen molar-refractivity contribution in [2.75, 3.05) is 16.3 Å². The maximum Gasteiger partial charge on any atom is 0.257 e. The van der Waals surface area contributed by atoms with Gasteiger partial charge in [0.15, 0.2) is 0 Å². The molecular weight excluding hydrogens is 360 g/mol. The molecule has 0 fully saturated rings. The molecule has 0 bridgehead atoms. The van der Waals surface area contributed by atoms with Crippen molar-refractivity contribution < 1.29 is 13.2 Å². The number of nitrogens with one attached hydrogen (secondary N) is 2. The molecule has 0 aromatic heterocycles. The van der Waals surface area contributed by atoms with Crippen molar-refractivity contribution >= 4 is 27.3 Å². The van der Waals surface area contributed by atoms with Gasteiger partial charge in [0.05, 0.1) is 17.5 Å². The molecule has 0 saturated heterocycles. The van der Waals surface area contributed by atoms with Crippen molar-refractivity contribution in [1.29, 1.82) is 0 Å². The second-order valence-corrected chi connectivity index (χ2v) is 8.33. The van der Waals surface area contributed by atoms with Crippen molar-refractivity contribution in [2.24, 2.45) is 0 Å². The Labute approximate surface area is 158 Å². The zero-order chi connectivity index (χ0) is 19.0. The molecule has 0 atom stereocenters. The topological polar surface area (TPSA) is 75.3 Å². The number of carbonyl (C=O) groups excluding carboxylic acids is 1. The fraction of sp³-hybridized carbons (Fsp3) is 0.0952. The van der Waals surface area contributed by atoms with Crippen LogP contribution in [-0.2, 0) is 16.4 Å². The Hall–Kier alpha value is -3.12. The van der Waals surface area contributed by atoms with Crippen molar-refractivity contribution in [3.05, 3.63) is 83.4 Å². The molecule has 1 aliphatic rings. The number of fused-ring (bicyclic) bond motifs is 3. The average molecular weight is 378 g/mol. The van der Waals surface area contributed by atoms with Crippen molar-refractivity contribution in [3.63, 3.8) is 0 Å². The number of anilines is 2. The first-order valence-electron chi connectivity index (χ1n) is 8.50. The Bertz CT molecular complexity index is 1150. The van der Waals surface area contributed by atoms with Gasteiger partial charge in [-0.15, -0.1) is 0 Å². The van der Waals surface area contributed by atoms with Crippen LogP contribution in [0.5, 0.6) is 0 Å². The summed E-state index contributed by atoms with van der Waals surface area (Å²) in [6.07, 6.45) is 1.89. The molecule has 0 saturated carbocycles. The van der Waals surface area contributed by atoms with E-state index in [2.05, 4.69) is 22.2 Å². The summed E-state index contributed by atoms with van der Waals surface area (Å²) in [7, 11) is -3.47. The normalized spacial score (nSPS) is 12.2. The van der Waals surface area contributed by atoms with Gasteiger partial charge in [-0.1, -0.05) is 42.5 Å². The van der Waals surface area contributed by atoms with Gasteiger partial charge in [-0.25, -0.2) is 8.42 Å². The highest BCUT2D eigenvalue weighted by molar-refractivity contribution is 7.92. The van der Waals surface area contributed by atoms with Crippen LogP contribution in [0.15, 0.2) is 66.7 Å². The number of hydrogen-bond donors (Lipinski definition) is 2. The molecular formula is C21H18N2O3S. The van der Waals surface area contributed by atoms with E-state index in [0.29, 0.717) is 5.69 Å². The van der Waals surface area contributed by atoms with Crippen LogP contribution < -0.4 is 10.0 Å². The van der Waals surface area contributed by atoms with Gasteiger partial charge >= 0.3 is 0 Å². The van der Waals surface area contributed by atoms with E-state index in [1.807, 2.05) is 30.3 Å². The first kappa shape index (κ1) is 17.3.